The van der Waals surface area contributed by atoms with Crippen molar-refractivity contribution in [1.82, 2.24) is 0 Å². The third-order valence-electron chi connectivity index (χ3n) is 4.53. The molecule has 2 atom stereocenters. The standard InChI is InChI=1S/C21H24O4/c1-21(2,3)14-11-9-13(10-12-14)19-20(25-19)18(22)17-15(23-4)7-6-8-16(17)24-5/h6-12,19-20H,1-5H3. The van der Waals surface area contributed by atoms with Crippen LogP contribution in [-0.2, 0) is 10.2 Å². The lowest BCUT2D eigenvalue weighted by Crippen LogP contribution is -2.12. The first kappa shape index (κ1) is 17.5. The topological polar surface area (TPSA) is 48.1 Å². The molecule has 0 N–H and O–H groups in total. The minimum absolute atomic E-state index is 0.100. The van der Waals surface area contributed by atoms with Crippen LogP contribution in [0.2, 0.25) is 0 Å². The molecule has 1 aliphatic heterocycles. The van der Waals surface area contributed by atoms with E-state index in [0.29, 0.717) is 17.1 Å². The second-order valence-corrected chi connectivity index (χ2v) is 7.25. The first-order valence-corrected chi connectivity index (χ1v) is 8.38. The molecular formula is C21H24O4. The monoisotopic (exact) mass is 340 g/mol. The third-order valence-corrected chi connectivity index (χ3v) is 4.53. The zero-order valence-corrected chi connectivity index (χ0v) is 15.3. The number of hydrogen-bond acceptors (Lipinski definition) is 4. The van der Waals surface area contributed by atoms with Crippen LogP contribution in [0.5, 0.6) is 11.5 Å². The van der Waals surface area contributed by atoms with Crippen LogP contribution in [-0.4, -0.2) is 26.1 Å². The molecule has 3 rings (SSSR count). The zero-order valence-electron chi connectivity index (χ0n) is 15.3. The Morgan fingerprint density at radius 1 is 0.960 bits per heavy atom. The van der Waals surface area contributed by atoms with Crippen LogP contribution in [0.1, 0.15) is 48.4 Å². The summed E-state index contributed by atoms with van der Waals surface area (Å²) >= 11 is 0. The summed E-state index contributed by atoms with van der Waals surface area (Å²) in [6.45, 7) is 6.53. The molecule has 0 radical (unpaired) electrons. The molecule has 4 heteroatoms. The fourth-order valence-corrected chi connectivity index (χ4v) is 2.97. The molecule has 132 valence electrons. The molecular weight excluding hydrogens is 316 g/mol. The summed E-state index contributed by atoms with van der Waals surface area (Å²) < 4.78 is 16.3. The molecule has 1 fully saturated rings. The maximum absolute atomic E-state index is 12.9. The third kappa shape index (κ3) is 3.40. The van der Waals surface area contributed by atoms with Crippen molar-refractivity contribution in [2.45, 2.75) is 38.4 Å². The van der Waals surface area contributed by atoms with Gasteiger partial charge < -0.3 is 14.2 Å². The normalized spacial score (nSPS) is 19.4. The van der Waals surface area contributed by atoms with Gasteiger partial charge in [0.15, 0.2) is 6.10 Å². The fourth-order valence-electron chi connectivity index (χ4n) is 2.97. The summed E-state index contributed by atoms with van der Waals surface area (Å²) in [4.78, 5) is 12.9. The van der Waals surface area contributed by atoms with Crippen molar-refractivity contribution in [2.24, 2.45) is 0 Å². The van der Waals surface area contributed by atoms with Crippen LogP contribution >= 0.6 is 0 Å². The lowest BCUT2D eigenvalue weighted by atomic mass is 9.86. The van der Waals surface area contributed by atoms with Gasteiger partial charge >= 0.3 is 0 Å². The van der Waals surface area contributed by atoms with E-state index in [0.717, 1.165) is 5.56 Å². The van der Waals surface area contributed by atoms with Crippen molar-refractivity contribution in [2.75, 3.05) is 14.2 Å². The highest BCUT2D eigenvalue weighted by molar-refractivity contribution is 6.06. The SMILES string of the molecule is COc1cccc(OC)c1C(=O)C1OC1c1ccc(C(C)(C)C)cc1. The molecule has 1 heterocycles. The predicted octanol–water partition coefficient (Wildman–Crippen LogP) is 4.32. The molecule has 0 spiro atoms. The van der Waals surface area contributed by atoms with Crippen LogP contribution in [0.15, 0.2) is 42.5 Å². The molecule has 2 aromatic carbocycles. The van der Waals surface area contributed by atoms with E-state index in [1.807, 2.05) is 12.1 Å². The van der Waals surface area contributed by atoms with Crippen LogP contribution in [0.3, 0.4) is 0 Å². The van der Waals surface area contributed by atoms with Gasteiger partial charge in [-0.25, -0.2) is 0 Å². The molecule has 1 aliphatic rings. The summed E-state index contributed by atoms with van der Waals surface area (Å²) in [5, 5.41) is 0. The maximum Gasteiger partial charge on any atom is 0.202 e. The van der Waals surface area contributed by atoms with Gasteiger partial charge in [-0.05, 0) is 28.7 Å². The number of methoxy groups -OCH3 is 2. The molecule has 0 bridgehead atoms. The molecule has 0 aliphatic carbocycles. The number of rotatable bonds is 5. The van der Waals surface area contributed by atoms with E-state index >= 15 is 0 Å². The summed E-state index contributed by atoms with van der Waals surface area (Å²) in [5.74, 6) is 0.891. The van der Waals surface area contributed by atoms with Gasteiger partial charge in [-0.1, -0.05) is 51.1 Å². The minimum Gasteiger partial charge on any atom is -0.496 e. The van der Waals surface area contributed by atoms with E-state index in [9.17, 15) is 4.79 Å². The van der Waals surface area contributed by atoms with Gasteiger partial charge in [-0.15, -0.1) is 0 Å². The second-order valence-electron chi connectivity index (χ2n) is 7.25. The van der Waals surface area contributed by atoms with Crippen molar-refractivity contribution >= 4 is 5.78 Å². The summed E-state index contributed by atoms with van der Waals surface area (Å²) in [6.07, 6.45) is -0.707. The number of carbonyl (C=O) groups excluding carboxylic acids is 1. The van der Waals surface area contributed by atoms with Crippen molar-refractivity contribution < 1.29 is 19.0 Å². The van der Waals surface area contributed by atoms with Gasteiger partial charge in [0.05, 0.1) is 14.2 Å². The number of benzene rings is 2. The first-order chi connectivity index (χ1) is 11.9. The Morgan fingerprint density at radius 2 is 1.52 bits per heavy atom. The van der Waals surface area contributed by atoms with E-state index in [4.69, 9.17) is 14.2 Å². The smallest absolute Gasteiger partial charge is 0.202 e. The van der Waals surface area contributed by atoms with Crippen LogP contribution in [0.25, 0.3) is 0 Å². The average Bonchev–Trinajstić information content (AvgIpc) is 3.40. The Bertz CT molecular complexity index is 749. The van der Waals surface area contributed by atoms with Gasteiger partial charge in [0, 0.05) is 0 Å². The molecule has 2 unspecified atom stereocenters. The Labute approximate surface area is 148 Å². The number of ether oxygens (including phenoxy) is 3. The van der Waals surface area contributed by atoms with Crippen LogP contribution < -0.4 is 9.47 Å². The van der Waals surface area contributed by atoms with E-state index < -0.39 is 6.10 Å². The van der Waals surface area contributed by atoms with Crippen molar-refractivity contribution in [3.63, 3.8) is 0 Å². The quantitative estimate of drug-likeness (QED) is 0.601. The highest BCUT2D eigenvalue weighted by atomic mass is 16.6. The Balaban J connectivity index is 1.81. The van der Waals surface area contributed by atoms with E-state index in [2.05, 4.69) is 32.9 Å². The molecule has 0 saturated carbocycles. The lowest BCUT2D eigenvalue weighted by Gasteiger charge is -2.18. The second kappa shape index (κ2) is 6.52. The zero-order chi connectivity index (χ0) is 18.2. The van der Waals surface area contributed by atoms with E-state index in [-0.39, 0.29) is 17.3 Å². The molecule has 2 aromatic rings. The number of ketones is 1. The van der Waals surface area contributed by atoms with Gasteiger partial charge in [0.2, 0.25) is 5.78 Å². The molecule has 25 heavy (non-hydrogen) atoms. The average molecular weight is 340 g/mol. The van der Waals surface area contributed by atoms with Crippen LogP contribution in [0, 0.1) is 0 Å². The number of epoxide rings is 1. The summed E-state index contributed by atoms with van der Waals surface area (Å²) in [6, 6.07) is 13.6. The fraction of sp³-hybridized carbons (Fsp3) is 0.381. The van der Waals surface area contributed by atoms with Crippen molar-refractivity contribution in [3.8, 4) is 11.5 Å². The number of Topliss-reactive ketones (excluding diaryl/α,β-unsaturated/α-hetero) is 1. The van der Waals surface area contributed by atoms with Gasteiger partial charge in [0.25, 0.3) is 0 Å². The minimum atomic E-state index is -0.495. The predicted molar refractivity (Wildman–Crippen MR) is 96.6 cm³/mol. The summed E-state index contributed by atoms with van der Waals surface area (Å²) in [5.41, 5.74) is 2.81. The first-order valence-electron chi connectivity index (χ1n) is 8.38. The van der Waals surface area contributed by atoms with Gasteiger partial charge in [-0.2, -0.15) is 0 Å². The van der Waals surface area contributed by atoms with E-state index in [1.54, 1.807) is 32.4 Å². The van der Waals surface area contributed by atoms with Crippen molar-refractivity contribution in [3.05, 3.63) is 59.2 Å². The number of hydrogen-bond donors (Lipinski definition) is 0. The Kier molecular flexibility index (Phi) is 4.56. The van der Waals surface area contributed by atoms with Gasteiger partial charge in [-0.3, -0.25) is 4.79 Å². The summed E-state index contributed by atoms with van der Waals surface area (Å²) in [7, 11) is 3.09. The van der Waals surface area contributed by atoms with Crippen LogP contribution in [0.4, 0.5) is 0 Å². The number of carbonyl (C=O) groups is 1. The highest BCUT2D eigenvalue weighted by Gasteiger charge is 2.47. The highest BCUT2D eigenvalue weighted by Crippen LogP contribution is 2.43. The Hall–Kier alpha value is -2.33. The molecule has 4 nitrogen and oxygen atoms in total. The molecule has 0 amide bonds. The van der Waals surface area contributed by atoms with Crippen molar-refractivity contribution in [1.29, 1.82) is 0 Å². The van der Waals surface area contributed by atoms with Gasteiger partial charge in [0.1, 0.15) is 23.2 Å². The molecule has 1 saturated heterocycles. The molecule has 0 aromatic heterocycles. The maximum atomic E-state index is 12.9. The largest absolute Gasteiger partial charge is 0.496 e. The lowest BCUT2D eigenvalue weighted by molar-refractivity contribution is 0.0947. The van der Waals surface area contributed by atoms with E-state index in [1.165, 1.54) is 5.56 Å². The Morgan fingerprint density at radius 3 is 2.00 bits per heavy atom.